The molecule has 1 aliphatic rings. The first kappa shape index (κ1) is 22.3. The number of sulfonamides is 1. The third kappa shape index (κ3) is 5.38. The van der Waals surface area contributed by atoms with Crippen LogP contribution in [0, 0.1) is 0 Å². The zero-order valence-corrected chi connectivity index (χ0v) is 18.4. The first-order chi connectivity index (χ1) is 14.1. The monoisotopic (exact) mass is 432 g/mol. The Labute approximate surface area is 177 Å². The average Bonchev–Trinajstić information content (AvgIpc) is 2.71. The topological polar surface area (TPSA) is 98.9 Å². The van der Waals surface area contributed by atoms with Gasteiger partial charge in [-0.15, -0.1) is 0 Å². The van der Waals surface area contributed by atoms with Crippen LogP contribution in [0.3, 0.4) is 0 Å². The maximum atomic E-state index is 12.9. The van der Waals surface area contributed by atoms with E-state index in [0.717, 1.165) is 5.56 Å². The Morgan fingerprint density at radius 1 is 1.10 bits per heavy atom. The molecule has 0 saturated carbocycles. The zero-order chi connectivity index (χ0) is 21.9. The van der Waals surface area contributed by atoms with Crippen LogP contribution in [0.2, 0.25) is 0 Å². The van der Waals surface area contributed by atoms with Gasteiger partial charge in [0.15, 0.2) is 0 Å². The normalized spacial score (nSPS) is 15.1. The molecule has 0 radical (unpaired) electrons. The van der Waals surface area contributed by atoms with Crippen LogP contribution in [0.15, 0.2) is 47.4 Å². The number of morpholine rings is 1. The van der Waals surface area contributed by atoms with Crippen molar-refractivity contribution < 1.29 is 22.7 Å². The van der Waals surface area contributed by atoms with E-state index in [1.54, 1.807) is 6.07 Å². The van der Waals surface area contributed by atoms with Crippen LogP contribution in [0.25, 0.3) is 0 Å². The van der Waals surface area contributed by atoms with Gasteiger partial charge in [-0.1, -0.05) is 45.0 Å². The van der Waals surface area contributed by atoms with E-state index in [0.29, 0.717) is 32.0 Å². The van der Waals surface area contributed by atoms with Gasteiger partial charge in [0.2, 0.25) is 10.0 Å². The van der Waals surface area contributed by atoms with Crippen molar-refractivity contribution in [3.63, 3.8) is 0 Å². The number of primary sulfonamides is 1. The number of benzene rings is 2. The lowest BCUT2D eigenvalue weighted by Crippen LogP contribution is -2.37. The first-order valence-electron chi connectivity index (χ1n) is 9.82. The summed E-state index contributed by atoms with van der Waals surface area (Å²) < 4.78 is 34.4. The van der Waals surface area contributed by atoms with Crippen molar-refractivity contribution in [3.05, 3.63) is 59.2 Å². The number of nitrogens with two attached hydrogens (primary N) is 1. The predicted molar refractivity (Wildman–Crippen MR) is 115 cm³/mol. The Balaban J connectivity index is 1.82. The molecular formula is C22H28N2O5S. The van der Waals surface area contributed by atoms with E-state index < -0.39 is 16.0 Å². The van der Waals surface area contributed by atoms with Crippen molar-refractivity contribution in [2.24, 2.45) is 5.14 Å². The van der Waals surface area contributed by atoms with Crippen molar-refractivity contribution >= 4 is 21.7 Å². The van der Waals surface area contributed by atoms with Gasteiger partial charge in [0.1, 0.15) is 6.61 Å². The molecular weight excluding hydrogens is 404 g/mol. The lowest BCUT2D eigenvalue weighted by molar-refractivity contribution is 0.0472. The Hall–Kier alpha value is -2.42. The summed E-state index contributed by atoms with van der Waals surface area (Å²) >= 11 is 0. The summed E-state index contributed by atoms with van der Waals surface area (Å²) in [6, 6.07) is 12.2. The van der Waals surface area contributed by atoms with Crippen LogP contribution in [0.5, 0.6) is 0 Å². The van der Waals surface area contributed by atoms with Gasteiger partial charge in [-0.25, -0.2) is 18.4 Å². The van der Waals surface area contributed by atoms with Gasteiger partial charge in [0.05, 0.1) is 29.4 Å². The summed E-state index contributed by atoms with van der Waals surface area (Å²) in [6.45, 7) is 8.75. The van der Waals surface area contributed by atoms with E-state index in [4.69, 9.17) is 14.6 Å². The minimum Gasteiger partial charge on any atom is -0.457 e. The standard InChI is InChI=1S/C22H28N2O5S/c1-22(2,3)17-6-4-16(5-7-17)15-29-21(25)19-14-18(30(23,26)27)8-9-20(19)24-10-12-28-13-11-24/h4-9,14H,10-13,15H2,1-3H3,(H2,23,26,27). The first-order valence-corrected chi connectivity index (χ1v) is 11.4. The van der Waals surface area contributed by atoms with E-state index in [1.165, 1.54) is 17.7 Å². The molecule has 0 aromatic heterocycles. The van der Waals surface area contributed by atoms with E-state index in [-0.39, 0.29) is 22.5 Å². The van der Waals surface area contributed by atoms with Gasteiger partial charge >= 0.3 is 5.97 Å². The molecule has 2 aromatic carbocycles. The highest BCUT2D eigenvalue weighted by atomic mass is 32.2. The molecule has 1 fully saturated rings. The number of ether oxygens (including phenoxy) is 2. The summed E-state index contributed by atoms with van der Waals surface area (Å²) in [5, 5.41) is 5.26. The third-order valence-electron chi connectivity index (χ3n) is 5.06. The Morgan fingerprint density at radius 2 is 1.73 bits per heavy atom. The maximum Gasteiger partial charge on any atom is 0.340 e. The number of hydrogen-bond donors (Lipinski definition) is 1. The van der Waals surface area contributed by atoms with Crippen LogP contribution in [-0.4, -0.2) is 40.7 Å². The summed E-state index contributed by atoms with van der Waals surface area (Å²) in [4.78, 5) is 14.7. The number of esters is 1. The molecule has 1 heterocycles. The number of hydrogen-bond acceptors (Lipinski definition) is 6. The molecule has 0 spiro atoms. The molecule has 1 aliphatic heterocycles. The van der Waals surface area contributed by atoms with E-state index in [2.05, 4.69) is 20.8 Å². The molecule has 1 saturated heterocycles. The quantitative estimate of drug-likeness (QED) is 0.730. The number of carbonyl (C=O) groups is 1. The van der Waals surface area contributed by atoms with Gasteiger partial charge in [-0.3, -0.25) is 0 Å². The Bertz CT molecular complexity index is 1000. The minimum atomic E-state index is -3.94. The second-order valence-corrected chi connectivity index (χ2v) is 9.91. The van der Waals surface area contributed by atoms with Crippen LogP contribution >= 0.6 is 0 Å². The smallest absolute Gasteiger partial charge is 0.340 e. The SMILES string of the molecule is CC(C)(C)c1ccc(COC(=O)c2cc(S(N)(=O)=O)ccc2N2CCOCC2)cc1. The molecule has 0 atom stereocenters. The number of rotatable bonds is 5. The summed E-state index contributed by atoms with van der Waals surface area (Å²) in [5.41, 5.74) is 2.87. The van der Waals surface area contributed by atoms with Crippen LogP contribution < -0.4 is 10.0 Å². The molecule has 0 amide bonds. The van der Waals surface area contributed by atoms with Gasteiger partial charge in [-0.05, 0) is 34.7 Å². The summed E-state index contributed by atoms with van der Waals surface area (Å²) in [5.74, 6) is -0.595. The van der Waals surface area contributed by atoms with Crippen LogP contribution in [0.1, 0.15) is 42.3 Å². The predicted octanol–water partition coefficient (Wildman–Crippen LogP) is 2.83. The van der Waals surface area contributed by atoms with E-state index in [1.807, 2.05) is 29.2 Å². The van der Waals surface area contributed by atoms with Crippen LogP contribution in [0.4, 0.5) is 5.69 Å². The highest BCUT2D eigenvalue weighted by molar-refractivity contribution is 7.89. The summed E-state index contributed by atoms with van der Waals surface area (Å²) in [7, 11) is -3.94. The van der Waals surface area contributed by atoms with Crippen molar-refractivity contribution in [2.75, 3.05) is 31.2 Å². The molecule has 0 bridgehead atoms. The van der Waals surface area contributed by atoms with Gasteiger partial charge in [0.25, 0.3) is 0 Å². The van der Waals surface area contributed by atoms with Gasteiger partial charge in [-0.2, -0.15) is 0 Å². The van der Waals surface area contributed by atoms with Crippen molar-refractivity contribution in [2.45, 2.75) is 37.7 Å². The number of anilines is 1. The van der Waals surface area contributed by atoms with Crippen LogP contribution in [-0.2, 0) is 31.5 Å². The van der Waals surface area contributed by atoms with E-state index in [9.17, 15) is 13.2 Å². The van der Waals surface area contributed by atoms with Crippen molar-refractivity contribution in [1.82, 2.24) is 0 Å². The summed E-state index contributed by atoms with van der Waals surface area (Å²) in [6.07, 6.45) is 0. The Kier molecular flexibility index (Phi) is 6.50. The largest absolute Gasteiger partial charge is 0.457 e. The lowest BCUT2D eigenvalue weighted by Gasteiger charge is -2.30. The minimum absolute atomic E-state index is 0.0381. The molecule has 0 aliphatic carbocycles. The zero-order valence-electron chi connectivity index (χ0n) is 17.6. The molecule has 0 unspecified atom stereocenters. The lowest BCUT2D eigenvalue weighted by atomic mass is 9.87. The third-order valence-corrected chi connectivity index (χ3v) is 5.97. The van der Waals surface area contributed by atoms with E-state index >= 15 is 0 Å². The highest BCUT2D eigenvalue weighted by Crippen LogP contribution is 2.26. The molecule has 162 valence electrons. The molecule has 7 nitrogen and oxygen atoms in total. The fraction of sp³-hybridized carbons (Fsp3) is 0.409. The Morgan fingerprint density at radius 3 is 2.30 bits per heavy atom. The molecule has 8 heteroatoms. The fourth-order valence-electron chi connectivity index (χ4n) is 3.26. The molecule has 30 heavy (non-hydrogen) atoms. The number of carbonyl (C=O) groups excluding carboxylic acids is 1. The van der Waals surface area contributed by atoms with Crippen molar-refractivity contribution in [1.29, 1.82) is 0 Å². The molecule has 3 rings (SSSR count). The van der Waals surface area contributed by atoms with Gasteiger partial charge in [0, 0.05) is 13.1 Å². The molecule has 2 N–H and O–H groups in total. The highest BCUT2D eigenvalue weighted by Gasteiger charge is 2.23. The second kappa shape index (κ2) is 8.75. The van der Waals surface area contributed by atoms with Gasteiger partial charge < -0.3 is 14.4 Å². The maximum absolute atomic E-state index is 12.9. The molecule has 2 aromatic rings. The number of nitrogens with zero attached hydrogens (tertiary/aromatic N) is 1. The second-order valence-electron chi connectivity index (χ2n) is 8.35. The fourth-order valence-corrected chi connectivity index (χ4v) is 3.80. The average molecular weight is 433 g/mol. The van der Waals surface area contributed by atoms with Crippen molar-refractivity contribution in [3.8, 4) is 0 Å².